The topological polar surface area (TPSA) is 18.5 Å². The van der Waals surface area contributed by atoms with Crippen molar-refractivity contribution in [3.8, 4) is 28.7 Å². The maximum atomic E-state index is 14.8. The van der Waals surface area contributed by atoms with Gasteiger partial charge in [-0.3, -0.25) is 0 Å². The molecule has 0 saturated carbocycles. The Morgan fingerprint density at radius 1 is 0.825 bits per heavy atom. The van der Waals surface area contributed by atoms with Crippen LogP contribution in [-0.2, 0) is 10.8 Å². The van der Waals surface area contributed by atoms with Gasteiger partial charge in [-0.05, 0) is 55.3 Å². The summed E-state index contributed by atoms with van der Waals surface area (Å²) in [5, 5.41) is 0. The van der Waals surface area contributed by atoms with Crippen molar-refractivity contribution in [2.45, 2.75) is 19.5 Å². The lowest BCUT2D eigenvalue weighted by Gasteiger charge is -2.20. The summed E-state index contributed by atoms with van der Waals surface area (Å²) < 4.78 is 138. The van der Waals surface area contributed by atoms with Gasteiger partial charge < -0.3 is 9.47 Å². The van der Waals surface area contributed by atoms with Crippen LogP contribution in [0, 0.1) is 58.5 Å². The molecule has 0 radical (unpaired) electrons. The highest BCUT2D eigenvalue weighted by molar-refractivity contribution is 5.66. The molecular formula is C29H17F9O2. The summed E-state index contributed by atoms with van der Waals surface area (Å²) in [6.45, 7) is 2.29. The molecule has 11 heteroatoms. The van der Waals surface area contributed by atoms with Gasteiger partial charge in [0.25, 0.3) is 0 Å². The Bertz CT molecular complexity index is 1510. The lowest BCUT2D eigenvalue weighted by molar-refractivity contribution is -0.189. The van der Waals surface area contributed by atoms with Crippen molar-refractivity contribution in [1.82, 2.24) is 0 Å². The first-order valence-corrected chi connectivity index (χ1v) is 11.6. The number of hydrogen-bond acceptors (Lipinski definition) is 2. The van der Waals surface area contributed by atoms with Crippen molar-refractivity contribution in [3.63, 3.8) is 0 Å². The minimum atomic E-state index is -4.75. The molecule has 0 bridgehead atoms. The van der Waals surface area contributed by atoms with Crippen LogP contribution in [0.25, 0.3) is 11.1 Å². The number of benzene rings is 3. The zero-order chi connectivity index (χ0) is 29.2. The zero-order valence-corrected chi connectivity index (χ0v) is 20.4. The van der Waals surface area contributed by atoms with Crippen LogP contribution in [0.1, 0.15) is 24.5 Å². The number of ether oxygens (including phenoxy) is 2. The SMILES string of the molecule is CCOC1=CCC(C#Cc2cc(F)c(C(F)(F)Oc3cc(F)c(-c4cc(F)c(F)c(F)c4)c(F)c3)c(F)c2)C=C1. The highest BCUT2D eigenvalue weighted by Crippen LogP contribution is 2.38. The van der Waals surface area contributed by atoms with Crippen LogP contribution < -0.4 is 4.74 Å². The largest absolute Gasteiger partial charge is 0.494 e. The Kier molecular flexibility index (Phi) is 8.18. The van der Waals surface area contributed by atoms with Gasteiger partial charge in [0.2, 0.25) is 0 Å². The van der Waals surface area contributed by atoms with E-state index in [4.69, 9.17) is 4.74 Å². The molecule has 2 nitrogen and oxygen atoms in total. The highest BCUT2D eigenvalue weighted by Gasteiger charge is 2.41. The van der Waals surface area contributed by atoms with E-state index in [9.17, 15) is 39.5 Å². The minimum absolute atomic E-state index is 0.213. The molecule has 3 aromatic carbocycles. The van der Waals surface area contributed by atoms with Crippen LogP contribution in [0.3, 0.4) is 0 Å². The van der Waals surface area contributed by atoms with E-state index < -0.39 is 69.3 Å². The number of halogens is 9. The average Bonchev–Trinajstić information content (AvgIpc) is 2.85. The summed E-state index contributed by atoms with van der Waals surface area (Å²) in [5.74, 6) is -7.69. The van der Waals surface area contributed by atoms with E-state index in [1.165, 1.54) is 0 Å². The minimum Gasteiger partial charge on any atom is -0.494 e. The fourth-order valence-electron chi connectivity index (χ4n) is 3.86. The van der Waals surface area contributed by atoms with Gasteiger partial charge in [-0.25, -0.2) is 30.7 Å². The summed E-state index contributed by atoms with van der Waals surface area (Å²) >= 11 is 0. The quantitative estimate of drug-likeness (QED) is 0.169. The first-order valence-electron chi connectivity index (χ1n) is 11.6. The molecule has 0 saturated heterocycles. The molecule has 1 unspecified atom stereocenters. The van der Waals surface area contributed by atoms with E-state index >= 15 is 0 Å². The normalized spacial score (nSPS) is 14.8. The van der Waals surface area contributed by atoms with Gasteiger partial charge in [0.15, 0.2) is 17.5 Å². The van der Waals surface area contributed by atoms with E-state index in [2.05, 4.69) is 16.6 Å². The molecule has 208 valence electrons. The van der Waals surface area contributed by atoms with Gasteiger partial charge in [-0.15, -0.1) is 0 Å². The molecule has 1 atom stereocenters. The average molecular weight is 568 g/mol. The predicted octanol–water partition coefficient (Wildman–Crippen LogP) is 8.30. The van der Waals surface area contributed by atoms with Gasteiger partial charge >= 0.3 is 6.11 Å². The highest BCUT2D eigenvalue weighted by atomic mass is 19.3. The second kappa shape index (κ2) is 11.4. The van der Waals surface area contributed by atoms with Gasteiger partial charge in [0.05, 0.1) is 12.2 Å². The third kappa shape index (κ3) is 6.11. The number of rotatable bonds is 6. The molecule has 4 rings (SSSR count). The van der Waals surface area contributed by atoms with Crippen LogP contribution in [0.15, 0.2) is 60.4 Å². The van der Waals surface area contributed by atoms with Crippen LogP contribution in [-0.4, -0.2) is 6.61 Å². The molecule has 1 aliphatic carbocycles. The van der Waals surface area contributed by atoms with Gasteiger partial charge in [-0.1, -0.05) is 17.9 Å². The predicted molar refractivity (Wildman–Crippen MR) is 126 cm³/mol. The van der Waals surface area contributed by atoms with Crippen LogP contribution >= 0.6 is 0 Å². The number of allylic oxidation sites excluding steroid dienone is 3. The fraction of sp³-hybridized carbons (Fsp3) is 0.172. The van der Waals surface area contributed by atoms with Gasteiger partial charge in [0, 0.05) is 23.6 Å². The van der Waals surface area contributed by atoms with Crippen molar-refractivity contribution < 1.29 is 49.0 Å². The Morgan fingerprint density at radius 2 is 1.43 bits per heavy atom. The maximum Gasteiger partial charge on any atom is 0.432 e. The smallest absolute Gasteiger partial charge is 0.432 e. The summed E-state index contributed by atoms with van der Waals surface area (Å²) in [6.07, 6.45) is 0.891. The summed E-state index contributed by atoms with van der Waals surface area (Å²) in [4.78, 5) is 0. The first-order chi connectivity index (χ1) is 18.9. The van der Waals surface area contributed by atoms with Crippen molar-refractivity contribution in [1.29, 1.82) is 0 Å². The summed E-state index contributed by atoms with van der Waals surface area (Å²) in [6, 6.07) is 2.12. The zero-order valence-electron chi connectivity index (χ0n) is 20.4. The summed E-state index contributed by atoms with van der Waals surface area (Å²) in [5.41, 5.74) is -3.94. The van der Waals surface area contributed by atoms with Gasteiger partial charge in [0.1, 0.15) is 40.3 Å². The molecular weight excluding hydrogens is 551 g/mol. The standard InChI is InChI=1S/C29H17F9O2/c1-2-39-18-7-5-15(6-8-18)3-4-16-9-22(32)27(23(33)10-16)29(37,38)40-19-13-20(30)26(21(31)14-19)17-11-24(34)28(36)25(35)12-17/h5,7-15H,2,6H2,1H3. The second-order valence-electron chi connectivity index (χ2n) is 8.46. The van der Waals surface area contributed by atoms with Crippen molar-refractivity contribution in [2.24, 2.45) is 5.92 Å². The second-order valence-corrected chi connectivity index (χ2v) is 8.46. The molecule has 0 fully saturated rings. The lowest BCUT2D eigenvalue weighted by atomic mass is 10.00. The monoisotopic (exact) mass is 568 g/mol. The molecule has 0 amide bonds. The molecule has 0 aromatic heterocycles. The molecule has 3 aromatic rings. The Morgan fingerprint density at radius 3 is 1.95 bits per heavy atom. The molecule has 1 aliphatic rings. The summed E-state index contributed by atoms with van der Waals surface area (Å²) in [7, 11) is 0. The molecule has 0 aliphatic heterocycles. The van der Waals surface area contributed by atoms with Gasteiger partial charge in [-0.2, -0.15) is 8.78 Å². The molecule has 40 heavy (non-hydrogen) atoms. The van der Waals surface area contributed by atoms with Crippen molar-refractivity contribution in [3.05, 3.63) is 112 Å². The lowest BCUT2D eigenvalue weighted by Crippen LogP contribution is -2.25. The number of alkyl halides is 2. The third-order valence-corrected chi connectivity index (χ3v) is 5.65. The maximum absolute atomic E-state index is 14.8. The molecule has 0 heterocycles. The Hall–Kier alpha value is -4.33. The molecule has 0 spiro atoms. The van der Waals surface area contributed by atoms with E-state index in [1.54, 1.807) is 18.2 Å². The van der Waals surface area contributed by atoms with Crippen LogP contribution in [0.5, 0.6) is 5.75 Å². The van der Waals surface area contributed by atoms with E-state index in [1.807, 2.05) is 6.92 Å². The van der Waals surface area contributed by atoms with E-state index in [0.29, 0.717) is 43.1 Å². The number of hydrogen-bond donors (Lipinski definition) is 0. The van der Waals surface area contributed by atoms with E-state index in [0.717, 1.165) is 0 Å². The fourth-order valence-corrected chi connectivity index (χ4v) is 3.86. The van der Waals surface area contributed by atoms with Crippen LogP contribution in [0.2, 0.25) is 0 Å². The van der Waals surface area contributed by atoms with Crippen molar-refractivity contribution >= 4 is 0 Å². The third-order valence-electron chi connectivity index (χ3n) is 5.65. The first kappa shape index (κ1) is 28.7. The molecule has 0 N–H and O–H groups in total. The van der Waals surface area contributed by atoms with E-state index in [-0.39, 0.29) is 23.6 Å². The Labute approximate surface area is 222 Å². The van der Waals surface area contributed by atoms with Crippen molar-refractivity contribution in [2.75, 3.05) is 6.61 Å². The Balaban J connectivity index is 1.57. The van der Waals surface area contributed by atoms with Crippen LogP contribution in [0.4, 0.5) is 39.5 Å².